The van der Waals surface area contributed by atoms with Crippen LogP contribution in [0.2, 0.25) is 0 Å². The van der Waals surface area contributed by atoms with Gasteiger partial charge in [0.1, 0.15) is 4.90 Å². The lowest BCUT2D eigenvalue weighted by Gasteiger charge is -2.12. The molecule has 2 aromatic rings. The highest BCUT2D eigenvalue weighted by Crippen LogP contribution is 2.29. The molecule has 4 nitrogen and oxygen atoms in total. The minimum atomic E-state index is -3.56. The molecule has 0 aliphatic carbocycles. The van der Waals surface area contributed by atoms with Crippen molar-refractivity contribution in [1.29, 1.82) is 0 Å². The monoisotopic (exact) mass is 310 g/mol. The lowest BCUT2D eigenvalue weighted by molar-refractivity contribution is 0.599. The molecule has 2 N–H and O–H groups in total. The van der Waals surface area contributed by atoms with E-state index in [0.29, 0.717) is 17.1 Å². The number of hydrogen-bond donors (Lipinski definition) is 2. The Morgan fingerprint density at radius 3 is 2.50 bits per heavy atom. The molecule has 2 rings (SSSR count). The van der Waals surface area contributed by atoms with E-state index in [1.54, 1.807) is 13.1 Å². The van der Waals surface area contributed by atoms with E-state index in [4.69, 9.17) is 0 Å². The lowest BCUT2D eigenvalue weighted by atomic mass is 10.2. The topological polar surface area (TPSA) is 58.2 Å². The van der Waals surface area contributed by atoms with E-state index in [9.17, 15) is 8.42 Å². The molecule has 0 saturated heterocycles. The van der Waals surface area contributed by atoms with E-state index in [1.165, 1.54) is 11.3 Å². The van der Waals surface area contributed by atoms with Gasteiger partial charge in [0, 0.05) is 11.4 Å². The van der Waals surface area contributed by atoms with E-state index in [2.05, 4.69) is 10.0 Å². The third kappa shape index (κ3) is 3.03. The summed E-state index contributed by atoms with van der Waals surface area (Å²) in [5.41, 5.74) is 2.30. The number of aryl methyl sites for hydroxylation is 2. The van der Waals surface area contributed by atoms with Crippen molar-refractivity contribution in [2.75, 3.05) is 11.8 Å². The minimum Gasteiger partial charge on any atom is -0.315 e. The fourth-order valence-corrected chi connectivity index (χ4v) is 4.97. The van der Waals surface area contributed by atoms with Crippen LogP contribution in [0.5, 0.6) is 0 Å². The van der Waals surface area contributed by atoms with Gasteiger partial charge in [0.2, 0.25) is 0 Å². The van der Waals surface area contributed by atoms with Crippen molar-refractivity contribution in [3.8, 4) is 0 Å². The van der Waals surface area contributed by atoms with Gasteiger partial charge in [-0.1, -0.05) is 18.2 Å². The van der Waals surface area contributed by atoms with Crippen LogP contribution in [0.3, 0.4) is 0 Å². The molecule has 20 heavy (non-hydrogen) atoms. The summed E-state index contributed by atoms with van der Waals surface area (Å²) in [5, 5.41) is 4.88. The molecule has 1 aromatic heterocycles. The maximum atomic E-state index is 12.6. The Morgan fingerprint density at radius 2 is 1.85 bits per heavy atom. The van der Waals surface area contributed by atoms with E-state index in [1.807, 2.05) is 37.4 Å². The van der Waals surface area contributed by atoms with Gasteiger partial charge in [0.25, 0.3) is 10.0 Å². The van der Waals surface area contributed by atoms with E-state index in [-0.39, 0.29) is 0 Å². The number of sulfonamides is 1. The van der Waals surface area contributed by atoms with Crippen molar-refractivity contribution >= 4 is 27.0 Å². The first-order valence-corrected chi connectivity index (χ1v) is 8.62. The number of rotatable bonds is 5. The molecule has 0 radical (unpaired) electrons. The van der Waals surface area contributed by atoms with Crippen LogP contribution < -0.4 is 10.0 Å². The van der Waals surface area contributed by atoms with Gasteiger partial charge in [0.05, 0.1) is 5.69 Å². The Labute approximate surface area is 123 Å². The molecule has 0 aliphatic rings. The van der Waals surface area contributed by atoms with Gasteiger partial charge in [-0.3, -0.25) is 4.72 Å². The summed E-state index contributed by atoms with van der Waals surface area (Å²) in [7, 11) is -1.75. The maximum Gasteiger partial charge on any atom is 0.263 e. The standard InChI is InChI=1S/C14H18N2O2S2/c1-10-6-4-5-7-12(10)16-20(17,18)14-11(2)9-19-13(14)8-15-3/h4-7,9,15-16H,8H2,1-3H3. The summed E-state index contributed by atoms with van der Waals surface area (Å²) in [4.78, 5) is 1.21. The molecule has 0 atom stereocenters. The van der Waals surface area contributed by atoms with Crippen LogP contribution in [-0.4, -0.2) is 15.5 Å². The highest BCUT2D eigenvalue weighted by atomic mass is 32.2. The second kappa shape index (κ2) is 5.95. The van der Waals surface area contributed by atoms with Crippen molar-refractivity contribution < 1.29 is 8.42 Å². The molecule has 0 spiro atoms. The third-order valence-corrected chi connectivity index (χ3v) is 5.81. The van der Waals surface area contributed by atoms with Crippen LogP contribution in [0.1, 0.15) is 16.0 Å². The number of para-hydroxylation sites is 1. The van der Waals surface area contributed by atoms with Crippen molar-refractivity contribution in [2.24, 2.45) is 0 Å². The van der Waals surface area contributed by atoms with Gasteiger partial charge in [-0.25, -0.2) is 8.42 Å². The van der Waals surface area contributed by atoms with Crippen LogP contribution in [0.4, 0.5) is 5.69 Å². The first-order valence-electron chi connectivity index (χ1n) is 6.25. The highest BCUT2D eigenvalue weighted by Gasteiger charge is 2.23. The molecule has 0 saturated carbocycles. The highest BCUT2D eigenvalue weighted by molar-refractivity contribution is 7.93. The van der Waals surface area contributed by atoms with Crippen molar-refractivity contribution in [3.05, 3.63) is 45.6 Å². The number of hydrogen-bond acceptors (Lipinski definition) is 4. The molecule has 0 amide bonds. The van der Waals surface area contributed by atoms with Gasteiger partial charge in [0.15, 0.2) is 0 Å². The zero-order chi connectivity index (χ0) is 14.8. The summed E-state index contributed by atoms with van der Waals surface area (Å²) in [6, 6.07) is 7.36. The Hall–Kier alpha value is -1.37. The largest absolute Gasteiger partial charge is 0.315 e. The Kier molecular flexibility index (Phi) is 4.47. The predicted octanol–water partition coefficient (Wildman–Crippen LogP) is 2.89. The van der Waals surface area contributed by atoms with Crippen LogP contribution in [-0.2, 0) is 16.6 Å². The second-order valence-electron chi connectivity index (χ2n) is 4.62. The van der Waals surface area contributed by atoms with Gasteiger partial charge in [-0.15, -0.1) is 11.3 Å². The smallest absolute Gasteiger partial charge is 0.263 e. The number of anilines is 1. The third-order valence-electron chi connectivity index (χ3n) is 2.98. The molecule has 0 aliphatic heterocycles. The van der Waals surface area contributed by atoms with Gasteiger partial charge in [-0.2, -0.15) is 0 Å². The normalized spacial score (nSPS) is 11.6. The molecule has 1 heterocycles. The van der Waals surface area contributed by atoms with E-state index >= 15 is 0 Å². The first-order chi connectivity index (χ1) is 9.45. The Balaban J connectivity index is 2.41. The molecule has 6 heteroatoms. The minimum absolute atomic E-state index is 0.389. The van der Waals surface area contributed by atoms with Gasteiger partial charge < -0.3 is 5.32 Å². The quantitative estimate of drug-likeness (QED) is 0.893. The van der Waals surface area contributed by atoms with Crippen LogP contribution in [0.15, 0.2) is 34.5 Å². The molecular weight excluding hydrogens is 292 g/mol. The molecule has 0 unspecified atom stereocenters. The zero-order valence-electron chi connectivity index (χ0n) is 11.7. The van der Waals surface area contributed by atoms with Gasteiger partial charge in [-0.05, 0) is 43.5 Å². The van der Waals surface area contributed by atoms with Crippen molar-refractivity contribution in [3.63, 3.8) is 0 Å². The number of thiophene rings is 1. The van der Waals surface area contributed by atoms with Gasteiger partial charge >= 0.3 is 0 Å². The fourth-order valence-electron chi connectivity index (χ4n) is 2.01. The maximum absolute atomic E-state index is 12.6. The van der Waals surface area contributed by atoms with Crippen LogP contribution >= 0.6 is 11.3 Å². The second-order valence-corrected chi connectivity index (χ2v) is 7.21. The van der Waals surface area contributed by atoms with Crippen molar-refractivity contribution in [2.45, 2.75) is 25.3 Å². The SMILES string of the molecule is CNCc1scc(C)c1S(=O)(=O)Nc1ccccc1C. The Morgan fingerprint density at radius 1 is 1.15 bits per heavy atom. The molecule has 0 fully saturated rings. The van der Waals surface area contributed by atoms with E-state index in [0.717, 1.165) is 16.0 Å². The molecule has 0 bridgehead atoms. The number of nitrogens with one attached hydrogen (secondary N) is 2. The molecular formula is C14H18N2O2S2. The summed E-state index contributed by atoms with van der Waals surface area (Å²) in [6.07, 6.45) is 0. The summed E-state index contributed by atoms with van der Waals surface area (Å²) >= 11 is 1.46. The summed E-state index contributed by atoms with van der Waals surface area (Å²) in [5.74, 6) is 0. The van der Waals surface area contributed by atoms with Crippen LogP contribution in [0.25, 0.3) is 0 Å². The van der Waals surface area contributed by atoms with Crippen LogP contribution in [0, 0.1) is 13.8 Å². The average molecular weight is 310 g/mol. The summed E-state index contributed by atoms with van der Waals surface area (Å²) < 4.78 is 27.9. The lowest BCUT2D eigenvalue weighted by Crippen LogP contribution is -2.17. The zero-order valence-corrected chi connectivity index (χ0v) is 13.4. The first kappa shape index (κ1) is 15.0. The van der Waals surface area contributed by atoms with Crippen molar-refractivity contribution in [1.82, 2.24) is 5.32 Å². The van der Waals surface area contributed by atoms with E-state index < -0.39 is 10.0 Å². The summed E-state index contributed by atoms with van der Waals surface area (Å²) in [6.45, 7) is 4.25. The number of benzene rings is 1. The fraction of sp³-hybridized carbons (Fsp3) is 0.286. The Bertz CT molecular complexity index is 706. The molecule has 1 aromatic carbocycles. The predicted molar refractivity (Wildman–Crippen MR) is 83.8 cm³/mol. The molecule has 108 valence electrons. The average Bonchev–Trinajstić information content (AvgIpc) is 2.74.